The summed E-state index contributed by atoms with van der Waals surface area (Å²) >= 11 is 0. The highest BCUT2D eigenvalue weighted by molar-refractivity contribution is 5.96. The highest BCUT2D eigenvalue weighted by atomic mass is 16.3. The van der Waals surface area contributed by atoms with E-state index in [0.29, 0.717) is 13.1 Å². The Morgan fingerprint density at radius 1 is 1.40 bits per heavy atom. The number of hydrogen-bond acceptors (Lipinski definition) is 2. The summed E-state index contributed by atoms with van der Waals surface area (Å²) in [4.78, 5) is 13.6. The molecule has 80 valence electrons. The van der Waals surface area contributed by atoms with Crippen molar-refractivity contribution in [3.05, 3.63) is 34.9 Å². The van der Waals surface area contributed by atoms with Crippen LogP contribution in [0.15, 0.2) is 18.2 Å². The van der Waals surface area contributed by atoms with E-state index in [0.717, 1.165) is 16.7 Å². The van der Waals surface area contributed by atoms with Gasteiger partial charge in [0.25, 0.3) is 5.91 Å². The Balaban J connectivity index is 2.22. The molecule has 0 unspecified atom stereocenters. The summed E-state index contributed by atoms with van der Waals surface area (Å²) in [5.41, 5.74) is 2.83. The first-order valence-corrected chi connectivity index (χ1v) is 5.12. The van der Waals surface area contributed by atoms with E-state index in [4.69, 9.17) is 5.11 Å². The first-order chi connectivity index (χ1) is 7.08. The van der Waals surface area contributed by atoms with E-state index < -0.39 is 0 Å². The van der Waals surface area contributed by atoms with Crippen molar-refractivity contribution < 1.29 is 9.90 Å². The van der Waals surface area contributed by atoms with Crippen LogP contribution in [0, 0.1) is 13.8 Å². The van der Waals surface area contributed by atoms with E-state index in [-0.39, 0.29) is 12.0 Å². The molecule has 1 aliphatic rings. The van der Waals surface area contributed by atoms with Crippen molar-refractivity contribution in [2.24, 2.45) is 0 Å². The van der Waals surface area contributed by atoms with Crippen molar-refractivity contribution in [1.29, 1.82) is 0 Å². The average Bonchev–Trinajstić information content (AvgIpc) is 2.16. The van der Waals surface area contributed by atoms with Crippen LogP contribution in [0.4, 0.5) is 0 Å². The molecule has 0 saturated carbocycles. The Kier molecular flexibility index (Phi) is 2.49. The second-order valence-electron chi connectivity index (χ2n) is 4.18. The molecule has 1 aliphatic heterocycles. The number of nitrogens with zero attached hydrogens (tertiary/aromatic N) is 1. The number of β-amino-alcohol motifs (C(OH)–C–C–N with tert-alkyl or cyclic N) is 1. The van der Waals surface area contributed by atoms with Gasteiger partial charge < -0.3 is 10.0 Å². The third-order valence-corrected chi connectivity index (χ3v) is 2.77. The van der Waals surface area contributed by atoms with E-state index in [1.54, 1.807) is 4.90 Å². The molecule has 1 aromatic rings. The van der Waals surface area contributed by atoms with Crippen LogP contribution in [0.5, 0.6) is 0 Å². The lowest BCUT2D eigenvalue weighted by atomic mass is 10.0. The van der Waals surface area contributed by atoms with Crippen LogP contribution in [-0.4, -0.2) is 35.1 Å². The number of aryl methyl sites for hydroxylation is 2. The summed E-state index contributed by atoms with van der Waals surface area (Å²) in [7, 11) is 0. The Morgan fingerprint density at radius 3 is 2.67 bits per heavy atom. The van der Waals surface area contributed by atoms with Gasteiger partial charge in [-0.15, -0.1) is 0 Å². The van der Waals surface area contributed by atoms with Gasteiger partial charge in [-0.3, -0.25) is 4.79 Å². The van der Waals surface area contributed by atoms with Gasteiger partial charge in [-0.05, 0) is 25.5 Å². The summed E-state index contributed by atoms with van der Waals surface area (Å²) < 4.78 is 0. The fourth-order valence-corrected chi connectivity index (χ4v) is 1.76. The summed E-state index contributed by atoms with van der Waals surface area (Å²) in [5, 5.41) is 9.14. The third-order valence-electron chi connectivity index (χ3n) is 2.77. The van der Waals surface area contributed by atoms with Crippen LogP contribution in [0.25, 0.3) is 0 Å². The predicted octanol–water partition coefficient (Wildman–Crippen LogP) is 1.12. The molecule has 0 radical (unpaired) electrons. The van der Waals surface area contributed by atoms with E-state index in [1.165, 1.54) is 0 Å². The fraction of sp³-hybridized carbons (Fsp3) is 0.417. The van der Waals surface area contributed by atoms with E-state index in [9.17, 15) is 4.79 Å². The number of carbonyl (C=O) groups excluding carboxylic acids is 1. The Morgan fingerprint density at radius 2 is 2.07 bits per heavy atom. The highest BCUT2D eigenvalue weighted by Gasteiger charge is 2.29. The van der Waals surface area contributed by atoms with Crippen molar-refractivity contribution in [2.75, 3.05) is 13.1 Å². The molecule has 1 fully saturated rings. The lowest BCUT2D eigenvalue weighted by molar-refractivity contribution is 0.00584. The lowest BCUT2D eigenvalue weighted by Crippen LogP contribution is -2.53. The first-order valence-electron chi connectivity index (χ1n) is 5.12. The highest BCUT2D eigenvalue weighted by Crippen LogP contribution is 2.17. The number of aliphatic hydroxyl groups is 1. The van der Waals surface area contributed by atoms with Crippen LogP contribution in [0.1, 0.15) is 21.5 Å². The number of hydrogen-bond donors (Lipinski definition) is 1. The topological polar surface area (TPSA) is 40.5 Å². The van der Waals surface area contributed by atoms with Gasteiger partial charge in [0.15, 0.2) is 0 Å². The molecule has 1 saturated heterocycles. The second kappa shape index (κ2) is 3.66. The normalized spacial score (nSPS) is 16.3. The number of amides is 1. The zero-order valence-corrected chi connectivity index (χ0v) is 9.03. The minimum Gasteiger partial charge on any atom is -0.389 e. The molecule has 0 aliphatic carbocycles. The monoisotopic (exact) mass is 205 g/mol. The van der Waals surface area contributed by atoms with Gasteiger partial charge in [0.1, 0.15) is 0 Å². The van der Waals surface area contributed by atoms with Gasteiger partial charge in [-0.2, -0.15) is 0 Å². The van der Waals surface area contributed by atoms with Crippen molar-refractivity contribution >= 4 is 5.91 Å². The molecule has 1 amide bonds. The van der Waals surface area contributed by atoms with E-state index in [2.05, 4.69) is 0 Å². The number of carbonyl (C=O) groups is 1. The molecule has 1 aromatic carbocycles. The molecule has 0 aromatic heterocycles. The Labute approximate surface area is 89.3 Å². The summed E-state index contributed by atoms with van der Waals surface area (Å²) in [6, 6.07) is 5.86. The standard InChI is InChI=1S/C12H15NO2/c1-8-3-4-9(2)11(5-8)12(15)13-6-10(14)7-13/h3-5,10,14H,6-7H2,1-2H3. The molecule has 1 heterocycles. The molecule has 0 atom stereocenters. The summed E-state index contributed by atoms with van der Waals surface area (Å²) in [6.45, 7) is 4.84. The Hall–Kier alpha value is -1.35. The number of rotatable bonds is 1. The van der Waals surface area contributed by atoms with Crippen molar-refractivity contribution in [1.82, 2.24) is 4.90 Å². The minimum absolute atomic E-state index is 0.0292. The predicted molar refractivity (Wildman–Crippen MR) is 57.8 cm³/mol. The van der Waals surface area contributed by atoms with Crippen LogP contribution >= 0.6 is 0 Å². The molecular formula is C12H15NO2. The van der Waals surface area contributed by atoms with Crippen LogP contribution in [0.2, 0.25) is 0 Å². The maximum atomic E-state index is 12.0. The van der Waals surface area contributed by atoms with Gasteiger partial charge in [0, 0.05) is 18.7 Å². The molecule has 3 nitrogen and oxygen atoms in total. The molecule has 3 heteroatoms. The quantitative estimate of drug-likeness (QED) is 0.746. The molecule has 15 heavy (non-hydrogen) atoms. The first kappa shape index (κ1) is 10.2. The smallest absolute Gasteiger partial charge is 0.254 e. The second-order valence-corrected chi connectivity index (χ2v) is 4.18. The fourth-order valence-electron chi connectivity index (χ4n) is 1.76. The van der Waals surface area contributed by atoms with Gasteiger partial charge >= 0.3 is 0 Å². The van der Waals surface area contributed by atoms with Gasteiger partial charge in [-0.1, -0.05) is 17.7 Å². The van der Waals surface area contributed by atoms with Gasteiger partial charge in [-0.25, -0.2) is 0 Å². The zero-order valence-electron chi connectivity index (χ0n) is 9.03. The van der Waals surface area contributed by atoms with Crippen molar-refractivity contribution in [3.63, 3.8) is 0 Å². The SMILES string of the molecule is Cc1ccc(C)c(C(=O)N2CC(O)C2)c1. The van der Waals surface area contributed by atoms with Crippen molar-refractivity contribution in [3.8, 4) is 0 Å². The number of aliphatic hydroxyl groups excluding tert-OH is 1. The maximum absolute atomic E-state index is 12.0. The summed E-state index contributed by atoms with van der Waals surface area (Å²) in [5.74, 6) is 0.0292. The van der Waals surface area contributed by atoms with Crippen LogP contribution in [0.3, 0.4) is 0 Å². The average molecular weight is 205 g/mol. The van der Waals surface area contributed by atoms with Gasteiger partial charge in [0.05, 0.1) is 6.10 Å². The van der Waals surface area contributed by atoms with Gasteiger partial charge in [0.2, 0.25) is 0 Å². The van der Waals surface area contributed by atoms with E-state index >= 15 is 0 Å². The number of likely N-dealkylation sites (tertiary alicyclic amines) is 1. The maximum Gasteiger partial charge on any atom is 0.254 e. The lowest BCUT2D eigenvalue weighted by Gasteiger charge is -2.36. The van der Waals surface area contributed by atoms with Crippen LogP contribution < -0.4 is 0 Å². The zero-order chi connectivity index (χ0) is 11.0. The Bertz CT molecular complexity index is 395. The third kappa shape index (κ3) is 1.88. The molecular weight excluding hydrogens is 190 g/mol. The molecule has 0 bridgehead atoms. The van der Waals surface area contributed by atoms with E-state index in [1.807, 2.05) is 32.0 Å². The molecule has 1 N–H and O–H groups in total. The van der Waals surface area contributed by atoms with Crippen molar-refractivity contribution in [2.45, 2.75) is 20.0 Å². The molecule has 2 rings (SSSR count). The van der Waals surface area contributed by atoms with Crippen LogP contribution in [-0.2, 0) is 0 Å². The summed E-state index contributed by atoms with van der Waals surface area (Å²) in [6.07, 6.45) is -0.334. The molecule has 0 spiro atoms. The largest absolute Gasteiger partial charge is 0.389 e. The minimum atomic E-state index is -0.334. The number of benzene rings is 1.